The van der Waals surface area contributed by atoms with Crippen molar-refractivity contribution in [1.29, 1.82) is 0 Å². The Hall–Kier alpha value is -3.14. The molecule has 0 spiro atoms. The normalized spacial score (nSPS) is 19.9. The minimum atomic E-state index is -4.40. The molecule has 0 saturated heterocycles. The lowest BCUT2D eigenvalue weighted by molar-refractivity contribution is -0.437. The van der Waals surface area contributed by atoms with E-state index in [1.807, 2.05) is 35.3 Å². The Morgan fingerprint density at radius 3 is 2.18 bits per heavy atom. The van der Waals surface area contributed by atoms with Gasteiger partial charge in [-0.1, -0.05) is 39.0 Å². The Bertz CT molecular complexity index is 1940. The van der Waals surface area contributed by atoms with Gasteiger partial charge in [0.2, 0.25) is 5.69 Å². The molecule has 244 valence electrons. The molecule has 0 fully saturated rings. The highest BCUT2D eigenvalue weighted by Crippen LogP contribution is 2.46. The zero-order valence-corrected chi connectivity index (χ0v) is 28.0. The maximum Gasteiger partial charge on any atom is 0.294 e. The highest BCUT2D eigenvalue weighted by atomic mass is 32.2. The lowest BCUT2D eigenvalue weighted by Crippen LogP contribution is -2.36. The van der Waals surface area contributed by atoms with Crippen LogP contribution in [0.25, 0.3) is 0 Å². The van der Waals surface area contributed by atoms with Crippen molar-refractivity contribution in [1.82, 2.24) is 0 Å². The molecule has 0 aliphatic carbocycles. The molecule has 0 amide bonds. The average Bonchev–Trinajstić information content (AvgIpc) is 3.39. The van der Waals surface area contributed by atoms with Gasteiger partial charge in [-0.2, -0.15) is 29.8 Å². The van der Waals surface area contributed by atoms with Gasteiger partial charge in [0.05, 0.1) is 21.0 Å². The van der Waals surface area contributed by atoms with E-state index in [0.29, 0.717) is 24.2 Å². The van der Waals surface area contributed by atoms with Crippen molar-refractivity contribution in [2.45, 2.75) is 62.2 Å². The Morgan fingerprint density at radius 1 is 0.933 bits per heavy atom. The molecule has 0 saturated carbocycles. The number of nitrogens with zero attached hydrogens (tertiary/aromatic N) is 2. The fourth-order valence-corrected chi connectivity index (χ4v) is 7.51. The second-order valence-electron chi connectivity index (χ2n) is 11.7. The van der Waals surface area contributed by atoms with E-state index < -0.39 is 41.5 Å². The highest BCUT2D eigenvalue weighted by molar-refractivity contribution is 7.86. The molecule has 0 radical (unpaired) electrons. The fraction of sp³-hybridized carbons (Fsp3) is 0.387. The summed E-state index contributed by atoms with van der Waals surface area (Å²) in [4.78, 5) is 1.47. The van der Waals surface area contributed by atoms with Crippen LogP contribution in [0, 0.1) is 5.92 Å². The summed E-state index contributed by atoms with van der Waals surface area (Å²) in [5, 5.41) is 0. The molecule has 45 heavy (non-hydrogen) atoms. The van der Waals surface area contributed by atoms with Crippen LogP contribution in [0.15, 0.2) is 82.3 Å². The van der Waals surface area contributed by atoms with Crippen LogP contribution < -0.4 is 4.90 Å². The first-order chi connectivity index (χ1) is 20.9. The van der Waals surface area contributed by atoms with Crippen LogP contribution in [0.5, 0.6) is 0 Å². The Morgan fingerprint density at radius 2 is 1.58 bits per heavy atom. The summed E-state index contributed by atoms with van der Waals surface area (Å²) in [7, 11) is -12.9. The van der Waals surface area contributed by atoms with E-state index in [-0.39, 0.29) is 28.7 Å². The number of fused-ring (bicyclic) bond motifs is 2. The number of anilines is 1. The quantitative estimate of drug-likeness (QED) is 0.159. The van der Waals surface area contributed by atoms with Gasteiger partial charge in [0, 0.05) is 48.5 Å². The van der Waals surface area contributed by atoms with Crippen LogP contribution in [-0.2, 0) is 42.2 Å². The van der Waals surface area contributed by atoms with Gasteiger partial charge in [-0.25, -0.2) is 0 Å². The van der Waals surface area contributed by atoms with Crippen molar-refractivity contribution < 1.29 is 43.5 Å². The van der Waals surface area contributed by atoms with Gasteiger partial charge in [0.15, 0.2) is 5.71 Å². The summed E-state index contributed by atoms with van der Waals surface area (Å²) >= 11 is 0. The average molecular weight is 680 g/mol. The van der Waals surface area contributed by atoms with Gasteiger partial charge < -0.3 is 4.90 Å². The maximum atomic E-state index is 11.9. The summed E-state index contributed by atoms with van der Waals surface area (Å²) in [5.41, 5.74) is 4.25. The Kier molecular flexibility index (Phi) is 9.98. The molecule has 4 rings (SSSR count). The molecule has 0 aromatic heterocycles. The molecule has 11 nitrogen and oxygen atoms in total. The van der Waals surface area contributed by atoms with Crippen molar-refractivity contribution in [3.63, 3.8) is 0 Å². The van der Waals surface area contributed by atoms with E-state index >= 15 is 0 Å². The first kappa shape index (κ1) is 34.7. The van der Waals surface area contributed by atoms with Gasteiger partial charge in [0.25, 0.3) is 30.4 Å². The molecule has 0 bridgehead atoms. The summed E-state index contributed by atoms with van der Waals surface area (Å²) in [5.74, 6) is -0.343. The first-order valence-electron chi connectivity index (χ1n) is 14.5. The summed E-state index contributed by atoms with van der Waals surface area (Å²) in [6.45, 7) is 9.21. The third-order valence-corrected chi connectivity index (χ3v) is 11.0. The fourth-order valence-electron chi connectivity index (χ4n) is 5.98. The van der Waals surface area contributed by atoms with Crippen LogP contribution >= 0.6 is 0 Å². The molecule has 2 aromatic rings. The number of rotatable bonds is 12. The highest BCUT2D eigenvalue weighted by Gasteiger charge is 2.50. The van der Waals surface area contributed by atoms with Crippen LogP contribution in [-0.4, -0.2) is 68.0 Å². The monoisotopic (exact) mass is 679 g/mol. The molecule has 1 atom stereocenters. The number of allylic oxidation sites excluding steroid dienone is 6. The van der Waals surface area contributed by atoms with Gasteiger partial charge in [-0.3, -0.25) is 13.7 Å². The number of hydrogen-bond acceptors (Lipinski definition) is 7. The van der Waals surface area contributed by atoms with E-state index in [1.54, 1.807) is 18.2 Å². The van der Waals surface area contributed by atoms with Crippen LogP contribution in [0.2, 0.25) is 0 Å². The SMILES string of the molecule is CCC[N+]1=C(C=CC=CC=C2Cc3cc(S(=O)(=O)O)ccc3N2CCCS(=O)(=O)O)C(C)(C(C)C)c2cc(S(=O)(=O)O)ccc21. The smallest absolute Gasteiger partial charge is 0.294 e. The first-order valence-corrected chi connectivity index (χ1v) is 19.0. The van der Waals surface area contributed by atoms with Crippen molar-refractivity contribution in [3.05, 3.63) is 83.6 Å². The van der Waals surface area contributed by atoms with Gasteiger partial charge in [0.1, 0.15) is 6.54 Å². The predicted molar refractivity (Wildman–Crippen MR) is 173 cm³/mol. The van der Waals surface area contributed by atoms with Gasteiger partial charge >= 0.3 is 0 Å². The third-order valence-electron chi connectivity index (χ3n) is 8.45. The maximum absolute atomic E-state index is 11.9. The van der Waals surface area contributed by atoms with E-state index in [9.17, 15) is 38.9 Å². The standard InChI is InChI=1S/C31H38N2O9S3/c1-5-16-33-29-15-13-26(45(40,41)42)21-27(29)31(4,22(2)3)30(33)11-8-6-7-10-24-19-23-20-25(44(37,38)39)12-14-28(23)32(24)17-9-18-43(34,35)36/h6-8,10-15,20-22H,5,9,16-19H2,1-4H3,(H2-,34,35,36,37,38,39,40,41,42)/p+1. The molecule has 14 heteroatoms. The Labute approximate surface area is 265 Å². The number of benzene rings is 2. The summed E-state index contributed by atoms with van der Waals surface area (Å²) in [6.07, 6.45) is 10.7. The summed E-state index contributed by atoms with van der Waals surface area (Å²) in [6, 6.07) is 8.94. The second-order valence-corrected chi connectivity index (χ2v) is 16.1. The molecule has 2 aliphatic rings. The molecular formula is C31H39N2O9S3+. The van der Waals surface area contributed by atoms with Crippen LogP contribution in [0.4, 0.5) is 11.4 Å². The van der Waals surface area contributed by atoms with Crippen molar-refractivity contribution >= 4 is 47.4 Å². The van der Waals surface area contributed by atoms with Crippen molar-refractivity contribution in [2.24, 2.45) is 5.92 Å². The zero-order valence-electron chi connectivity index (χ0n) is 25.6. The largest absolute Gasteiger partial charge is 0.344 e. The van der Waals surface area contributed by atoms with Crippen molar-refractivity contribution in [2.75, 3.05) is 23.7 Å². The zero-order chi connectivity index (χ0) is 33.4. The second kappa shape index (κ2) is 12.9. The van der Waals surface area contributed by atoms with Crippen LogP contribution in [0.3, 0.4) is 0 Å². The molecule has 3 N–H and O–H groups in total. The lowest BCUT2D eigenvalue weighted by Gasteiger charge is -2.27. The van der Waals surface area contributed by atoms with Crippen LogP contribution in [0.1, 0.15) is 51.7 Å². The van der Waals surface area contributed by atoms with E-state index in [1.165, 1.54) is 18.2 Å². The molecular weight excluding hydrogens is 641 g/mol. The minimum absolute atomic E-state index is 0.0846. The summed E-state index contributed by atoms with van der Waals surface area (Å²) < 4.78 is 100. The van der Waals surface area contributed by atoms with Crippen molar-refractivity contribution in [3.8, 4) is 0 Å². The minimum Gasteiger partial charge on any atom is -0.344 e. The third kappa shape index (κ3) is 7.47. The molecule has 2 heterocycles. The lowest BCUT2D eigenvalue weighted by atomic mass is 9.71. The molecule has 1 unspecified atom stereocenters. The van der Waals surface area contributed by atoms with E-state index in [0.717, 1.165) is 29.1 Å². The Balaban J connectivity index is 1.66. The topological polar surface area (TPSA) is 169 Å². The predicted octanol–water partition coefficient (Wildman–Crippen LogP) is 4.94. The molecule has 2 aromatic carbocycles. The van der Waals surface area contributed by atoms with Gasteiger partial charge in [-0.15, -0.1) is 0 Å². The van der Waals surface area contributed by atoms with Gasteiger partial charge in [-0.05, 0) is 61.2 Å². The van der Waals surface area contributed by atoms with E-state index in [4.69, 9.17) is 0 Å². The number of hydrogen-bond donors (Lipinski definition) is 3. The van der Waals surface area contributed by atoms with E-state index in [2.05, 4.69) is 32.3 Å². The molecule has 2 aliphatic heterocycles.